The van der Waals surface area contributed by atoms with Crippen LogP contribution in [0.4, 0.5) is 8.78 Å². The lowest BCUT2D eigenvalue weighted by atomic mass is 10.1. The molecule has 0 saturated carbocycles. The number of hydrogen-bond acceptors (Lipinski definition) is 2. The summed E-state index contributed by atoms with van der Waals surface area (Å²) in [5.41, 5.74) is 2.11. The molecule has 0 aliphatic carbocycles. The van der Waals surface area contributed by atoms with Gasteiger partial charge in [-0.1, -0.05) is 18.2 Å². The molecule has 24 heavy (non-hydrogen) atoms. The molecular formula is C17H18F2N4O. The van der Waals surface area contributed by atoms with Crippen molar-refractivity contribution >= 4 is 16.8 Å². The topological polar surface area (TPSA) is 53.9 Å². The molecule has 2 aromatic heterocycles. The first-order valence-electron chi connectivity index (χ1n) is 7.65. The standard InChI is InChI=1S/C17H18F2N4O/c1-22(11-15-20-8-9-23(15)17(18)19)16(24)7-6-12-10-21-14-5-3-2-4-13(12)14/h2-5,8-10,17,21H,6-7,11H2,1H3. The van der Waals surface area contributed by atoms with Crippen LogP contribution < -0.4 is 0 Å². The minimum absolute atomic E-state index is 0.0596. The number of nitrogens with one attached hydrogen (secondary N) is 1. The van der Waals surface area contributed by atoms with Crippen molar-refractivity contribution in [2.45, 2.75) is 25.9 Å². The molecule has 2 heterocycles. The Kier molecular flexibility index (Phi) is 4.59. The number of benzene rings is 1. The molecule has 0 bridgehead atoms. The van der Waals surface area contributed by atoms with E-state index in [2.05, 4.69) is 9.97 Å². The Morgan fingerprint density at radius 3 is 2.96 bits per heavy atom. The molecule has 1 N–H and O–H groups in total. The predicted octanol–water partition coefficient (Wildman–Crippen LogP) is 3.35. The number of imidazole rings is 1. The first-order chi connectivity index (χ1) is 11.6. The van der Waals surface area contributed by atoms with Gasteiger partial charge in [-0.25, -0.2) is 4.98 Å². The number of nitrogens with zero attached hydrogens (tertiary/aromatic N) is 3. The Labute approximate surface area is 137 Å². The number of aromatic amines is 1. The number of aryl methyl sites for hydroxylation is 1. The third-order valence-corrected chi connectivity index (χ3v) is 4.05. The van der Waals surface area contributed by atoms with Gasteiger partial charge in [-0.15, -0.1) is 0 Å². The van der Waals surface area contributed by atoms with Crippen molar-refractivity contribution in [1.82, 2.24) is 19.4 Å². The van der Waals surface area contributed by atoms with Gasteiger partial charge in [0.25, 0.3) is 0 Å². The average Bonchev–Trinajstić information content (AvgIpc) is 3.19. The molecule has 0 aliphatic heterocycles. The van der Waals surface area contributed by atoms with Crippen molar-refractivity contribution in [2.75, 3.05) is 7.05 Å². The molecule has 1 amide bonds. The van der Waals surface area contributed by atoms with Gasteiger partial charge >= 0.3 is 6.55 Å². The summed E-state index contributed by atoms with van der Waals surface area (Å²) in [5, 5.41) is 1.10. The van der Waals surface area contributed by atoms with E-state index in [1.54, 1.807) is 7.05 Å². The molecule has 1 aromatic carbocycles. The fourth-order valence-corrected chi connectivity index (χ4v) is 2.72. The third kappa shape index (κ3) is 3.29. The molecule has 3 rings (SSSR count). The van der Waals surface area contributed by atoms with E-state index in [4.69, 9.17) is 0 Å². The summed E-state index contributed by atoms with van der Waals surface area (Å²) in [4.78, 5) is 20.8. The zero-order valence-corrected chi connectivity index (χ0v) is 13.2. The number of halogens is 2. The lowest BCUT2D eigenvalue weighted by Crippen LogP contribution is -2.28. The van der Waals surface area contributed by atoms with Crippen molar-refractivity contribution in [3.05, 3.63) is 54.2 Å². The normalized spacial score (nSPS) is 11.3. The van der Waals surface area contributed by atoms with Gasteiger partial charge in [0.2, 0.25) is 5.91 Å². The average molecular weight is 332 g/mol. The zero-order chi connectivity index (χ0) is 17.1. The molecule has 0 spiro atoms. The molecule has 7 heteroatoms. The van der Waals surface area contributed by atoms with Crippen molar-refractivity contribution < 1.29 is 13.6 Å². The van der Waals surface area contributed by atoms with Crippen molar-refractivity contribution in [1.29, 1.82) is 0 Å². The Hall–Kier alpha value is -2.70. The fourth-order valence-electron chi connectivity index (χ4n) is 2.72. The first kappa shape index (κ1) is 16.2. The fraction of sp³-hybridized carbons (Fsp3) is 0.294. The number of rotatable bonds is 6. The monoisotopic (exact) mass is 332 g/mol. The second-order valence-electron chi connectivity index (χ2n) is 5.64. The number of aromatic nitrogens is 3. The Morgan fingerprint density at radius 2 is 2.17 bits per heavy atom. The van der Waals surface area contributed by atoms with Crippen LogP contribution in [0.15, 0.2) is 42.9 Å². The molecule has 5 nitrogen and oxygen atoms in total. The van der Waals surface area contributed by atoms with E-state index in [9.17, 15) is 13.6 Å². The van der Waals surface area contributed by atoms with Gasteiger partial charge < -0.3 is 9.88 Å². The molecule has 0 radical (unpaired) electrons. The van der Waals surface area contributed by atoms with E-state index in [-0.39, 0.29) is 18.3 Å². The van der Waals surface area contributed by atoms with E-state index in [1.165, 1.54) is 17.3 Å². The van der Waals surface area contributed by atoms with Crippen LogP contribution in [-0.2, 0) is 17.8 Å². The minimum atomic E-state index is -2.66. The Balaban J connectivity index is 1.61. The summed E-state index contributed by atoms with van der Waals surface area (Å²) in [6.45, 7) is -2.60. The summed E-state index contributed by atoms with van der Waals surface area (Å²) in [5.74, 6) is 0.0667. The number of carbonyl (C=O) groups is 1. The Morgan fingerprint density at radius 1 is 1.38 bits per heavy atom. The number of alkyl halides is 2. The Bertz CT molecular complexity index is 840. The predicted molar refractivity (Wildman–Crippen MR) is 86.6 cm³/mol. The van der Waals surface area contributed by atoms with Gasteiger partial charge in [-0.2, -0.15) is 8.78 Å². The van der Waals surface area contributed by atoms with Crippen LogP contribution in [0.3, 0.4) is 0 Å². The van der Waals surface area contributed by atoms with Crippen molar-refractivity contribution in [3.63, 3.8) is 0 Å². The van der Waals surface area contributed by atoms with E-state index >= 15 is 0 Å². The smallest absolute Gasteiger partial charge is 0.319 e. The number of amides is 1. The number of H-pyrrole nitrogens is 1. The molecule has 3 aromatic rings. The van der Waals surface area contributed by atoms with Gasteiger partial charge in [0.05, 0.1) is 6.54 Å². The lowest BCUT2D eigenvalue weighted by Gasteiger charge is -2.17. The van der Waals surface area contributed by atoms with Gasteiger partial charge in [0.1, 0.15) is 5.82 Å². The summed E-state index contributed by atoms with van der Waals surface area (Å²) >= 11 is 0. The van der Waals surface area contributed by atoms with Gasteiger partial charge in [0, 0.05) is 43.0 Å². The van der Waals surface area contributed by atoms with E-state index in [1.807, 2.05) is 30.5 Å². The van der Waals surface area contributed by atoms with Crippen LogP contribution in [0.5, 0.6) is 0 Å². The molecule has 126 valence electrons. The summed E-state index contributed by atoms with van der Waals surface area (Å²) in [7, 11) is 1.60. The number of hydrogen-bond donors (Lipinski definition) is 1. The number of fused-ring (bicyclic) bond motifs is 1. The molecule has 0 atom stereocenters. The van der Waals surface area contributed by atoms with Crippen molar-refractivity contribution in [2.24, 2.45) is 0 Å². The molecule has 0 unspecified atom stereocenters. The van der Waals surface area contributed by atoms with Crippen LogP contribution in [0.25, 0.3) is 10.9 Å². The molecule has 0 fully saturated rings. The third-order valence-electron chi connectivity index (χ3n) is 4.05. The van der Waals surface area contributed by atoms with E-state index in [0.29, 0.717) is 12.8 Å². The van der Waals surface area contributed by atoms with Crippen LogP contribution in [-0.4, -0.2) is 32.4 Å². The van der Waals surface area contributed by atoms with Crippen LogP contribution in [0.2, 0.25) is 0 Å². The summed E-state index contributed by atoms with van der Waals surface area (Å²) < 4.78 is 26.4. The van der Waals surface area contributed by atoms with Crippen LogP contribution >= 0.6 is 0 Å². The molecule has 0 saturated heterocycles. The van der Waals surface area contributed by atoms with E-state index < -0.39 is 6.55 Å². The van der Waals surface area contributed by atoms with Crippen LogP contribution in [0, 0.1) is 0 Å². The molecular weight excluding hydrogens is 314 g/mol. The first-order valence-corrected chi connectivity index (χ1v) is 7.65. The van der Waals surface area contributed by atoms with E-state index in [0.717, 1.165) is 21.0 Å². The van der Waals surface area contributed by atoms with Gasteiger partial charge in [0.15, 0.2) is 0 Å². The highest BCUT2D eigenvalue weighted by atomic mass is 19.3. The molecule has 0 aliphatic rings. The maximum atomic E-state index is 12.8. The maximum absolute atomic E-state index is 12.8. The largest absolute Gasteiger partial charge is 0.361 e. The zero-order valence-electron chi connectivity index (χ0n) is 13.2. The minimum Gasteiger partial charge on any atom is -0.361 e. The highest BCUT2D eigenvalue weighted by molar-refractivity contribution is 5.84. The van der Waals surface area contributed by atoms with Crippen molar-refractivity contribution in [3.8, 4) is 0 Å². The second kappa shape index (κ2) is 6.82. The summed E-state index contributed by atoms with van der Waals surface area (Å²) in [6, 6.07) is 7.90. The van der Waals surface area contributed by atoms with Crippen LogP contribution in [0.1, 0.15) is 24.4 Å². The maximum Gasteiger partial charge on any atom is 0.319 e. The number of carbonyl (C=O) groups excluding carboxylic acids is 1. The number of para-hydroxylation sites is 1. The SMILES string of the molecule is CN(Cc1nccn1C(F)F)C(=O)CCc1c[nH]c2ccccc12. The lowest BCUT2D eigenvalue weighted by molar-refractivity contribution is -0.130. The highest BCUT2D eigenvalue weighted by Crippen LogP contribution is 2.19. The van der Waals surface area contributed by atoms with Gasteiger partial charge in [-0.3, -0.25) is 9.36 Å². The summed E-state index contributed by atoms with van der Waals surface area (Å²) in [6.07, 6.45) is 5.33. The van der Waals surface area contributed by atoms with Gasteiger partial charge in [-0.05, 0) is 18.1 Å². The quantitative estimate of drug-likeness (QED) is 0.752. The second-order valence-corrected chi connectivity index (χ2v) is 5.64. The highest BCUT2D eigenvalue weighted by Gasteiger charge is 2.16.